The molecule has 1 nitrogen and oxygen atoms in total. The molecule has 0 aliphatic rings. The third-order valence-corrected chi connectivity index (χ3v) is 2.46. The van der Waals surface area contributed by atoms with E-state index in [9.17, 15) is 9.18 Å². The Bertz CT molecular complexity index is 518. The van der Waals surface area contributed by atoms with Crippen LogP contribution in [-0.2, 0) is 0 Å². The summed E-state index contributed by atoms with van der Waals surface area (Å²) in [6.07, 6.45) is 0. The van der Waals surface area contributed by atoms with Crippen LogP contribution in [0.3, 0.4) is 0 Å². The third-order valence-electron chi connectivity index (χ3n) is 2.46. The Morgan fingerprint density at radius 2 is 1.69 bits per heavy atom. The lowest BCUT2D eigenvalue weighted by Gasteiger charge is -2.02. The van der Waals surface area contributed by atoms with Gasteiger partial charge in [-0.15, -0.1) is 0 Å². The summed E-state index contributed by atoms with van der Waals surface area (Å²) in [6.45, 7) is 1.65. The van der Waals surface area contributed by atoms with Gasteiger partial charge in [-0.05, 0) is 30.7 Å². The van der Waals surface area contributed by atoms with Crippen LogP contribution in [0.4, 0.5) is 4.39 Å². The van der Waals surface area contributed by atoms with Crippen molar-refractivity contribution in [3.05, 3.63) is 71.0 Å². The molecule has 0 unspecified atom stereocenters. The Kier molecular flexibility index (Phi) is 2.82. The lowest BCUT2D eigenvalue weighted by molar-refractivity contribution is 0.103. The molecule has 2 heteroatoms. The maximum atomic E-state index is 13.1. The average Bonchev–Trinajstić information content (AvgIpc) is 2.33. The Morgan fingerprint density at radius 1 is 1.00 bits per heavy atom. The van der Waals surface area contributed by atoms with E-state index in [-0.39, 0.29) is 11.6 Å². The van der Waals surface area contributed by atoms with Crippen LogP contribution >= 0.6 is 0 Å². The van der Waals surface area contributed by atoms with E-state index >= 15 is 0 Å². The van der Waals surface area contributed by atoms with Crippen LogP contribution in [-0.4, -0.2) is 5.78 Å². The Labute approximate surface area is 93.5 Å². The quantitative estimate of drug-likeness (QED) is 0.700. The van der Waals surface area contributed by atoms with Gasteiger partial charge in [0.25, 0.3) is 0 Å². The largest absolute Gasteiger partial charge is 0.289 e. The van der Waals surface area contributed by atoms with Crippen LogP contribution in [0.1, 0.15) is 21.5 Å². The molecule has 0 N–H and O–H groups in total. The minimum Gasteiger partial charge on any atom is -0.289 e. The van der Waals surface area contributed by atoms with Crippen LogP contribution in [0, 0.1) is 12.7 Å². The fourth-order valence-electron chi connectivity index (χ4n) is 1.54. The summed E-state index contributed by atoms with van der Waals surface area (Å²) < 4.78 is 13.1. The molecule has 0 heterocycles. The monoisotopic (exact) mass is 214 g/mol. The summed E-state index contributed by atoms with van der Waals surface area (Å²) >= 11 is 0. The molecule has 0 aliphatic heterocycles. The number of aryl methyl sites for hydroxylation is 1. The van der Waals surface area contributed by atoms with Gasteiger partial charge in [0.15, 0.2) is 5.78 Å². The van der Waals surface area contributed by atoms with E-state index in [2.05, 4.69) is 0 Å². The second-order valence-electron chi connectivity index (χ2n) is 3.66. The van der Waals surface area contributed by atoms with Crippen molar-refractivity contribution in [3.8, 4) is 0 Å². The first kappa shape index (κ1) is 10.6. The van der Waals surface area contributed by atoms with E-state index in [4.69, 9.17) is 0 Å². The van der Waals surface area contributed by atoms with Gasteiger partial charge in [0, 0.05) is 11.1 Å². The Morgan fingerprint density at radius 3 is 2.31 bits per heavy atom. The molecule has 0 saturated carbocycles. The van der Waals surface area contributed by atoms with Crippen molar-refractivity contribution in [3.63, 3.8) is 0 Å². The Balaban J connectivity index is 2.39. The van der Waals surface area contributed by atoms with Crippen molar-refractivity contribution in [2.45, 2.75) is 6.92 Å². The molecule has 0 amide bonds. The van der Waals surface area contributed by atoms with Crippen molar-refractivity contribution >= 4 is 5.78 Å². The number of benzene rings is 2. The van der Waals surface area contributed by atoms with Gasteiger partial charge in [0.2, 0.25) is 0 Å². The van der Waals surface area contributed by atoms with Gasteiger partial charge in [0.1, 0.15) is 5.82 Å². The van der Waals surface area contributed by atoms with E-state index in [1.165, 1.54) is 12.1 Å². The number of rotatable bonds is 2. The third kappa shape index (κ3) is 2.01. The van der Waals surface area contributed by atoms with Crippen LogP contribution in [0.5, 0.6) is 0 Å². The first-order chi connectivity index (χ1) is 7.68. The maximum Gasteiger partial charge on any atom is 0.193 e. The fraction of sp³-hybridized carbons (Fsp3) is 0.0714. The van der Waals surface area contributed by atoms with Crippen LogP contribution in [0.15, 0.2) is 48.5 Å². The molecule has 0 radical (unpaired) electrons. The predicted octanol–water partition coefficient (Wildman–Crippen LogP) is 3.37. The van der Waals surface area contributed by atoms with Crippen LogP contribution in [0.25, 0.3) is 0 Å². The number of carbonyl (C=O) groups is 1. The van der Waals surface area contributed by atoms with Gasteiger partial charge in [-0.3, -0.25) is 4.79 Å². The molecular weight excluding hydrogens is 203 g/mol. The molecule has 2 aromatic carbocycles. The minimum atomic E-state index is -0.287. The first-order valence-corrected chi connectivity index (χ1v) is 5.04. The summed E-state index contributed by atoms with van der Waals surface area (Å²) in [6, 6.07) is 13.4. The first-order valence-electron chi connectivity index (χ1n) is 5.04. The van der Waals surface area contributed by atoms with E-state index in [1.54, 1.807) is 25.1 Å². The highest BCUT2D eigenvalue weighted by Crippen LogP contribution is 2.13. The second-order valence-corrected chi connectivity index (χ2v) is 3.66. The van der Waals surface area contributed by atoms with Crippen molar-refractivity contribution in [2.24, 2.45) is 0 Å². The summed E-state index contributed by atoms with van der Waals surface area (Å²) in [5.41, 5.74) is 1.63. The number of halogens is 1. The van der Waals surface area contributed by atoms with Crippen molar-refractivity contribution in [1.29, 1.82) is 0 Å². The minimum absolute atomic E-state index is 0.0799. The highest BCUT2D eigenvalue weighted by Gasteiger charge is 2.09. The second kappa shape index (κ2) is 4.27. The van der Waals surface area contributed by atoms with E-state index in [0.717, 1.165) is 0 Å². The molecule has 0 fully saturated rings. The van der Waals surface area contributed by atoms with Gasteiger partial charge in [-0.25, -0.2) is 4.39 Å². The highest BCUT2D eigenvalue weighted by atomic mass is 19.1. The average molecular weight is 214 g/mol. The number of hydrogen-bond acceptors (Lipinski definition) is 1. The number of hydrogen-bond donors (Lipinski definition) is 0. The molecular formula is C14H11FO. The maximum absolute atomic E-state index is 13.1. The van der Waals surface area contributed by atoms with Gasteiger partial charge >= 0.3 is 0 Å². The molecule has 16 heavy (non-hydrogen) atoms. The standard InChI is InChI=1S/C14H11FO/c1-10-9-12(7-8-13(10)15)14(16)11-5-3-2-4-6-11/h2-9H,1H3. The van der Waals surface area contributed by atoms with E-state index in [0.29, 0.717) is 16.7 Å². The van der Waals surface area contributed by atoms with Crippen molar-refractivity contribution in [2.75, 3.05) is 0 Å². The van der Waals surface area contributed by atoms with Gasteiger partial charge in [-0.2, -0.15) is 0 Å². The molecule has 2 aromatic rings. The number of carbonyl (C=O) groups excluding carboxylic acids is 1. The molecule has 80 valence electrons. The normalized spacial score (nSPS) is 10.1. The predicted molar refractivity (Wildman–Crippen MR) is 61.0 cm³/mol. The van der Waals surface area contributed by atoms with Crippen LogP contribution in [0.2, 0.25) is 0 Å². The smallest absolute Gasteiger partial charge is 0.193 e. The molecule has 2 rings (SSSR count). The van der Waals surface area contributed by atoms with Gasteiger partial charge in [0.05, 0.1) is 0 Å². The fourth-order valence-corrected chi connectivity index (χ4v) is 1.54. The molecule has 0 bridgehead atoms. The summed E-state index contributed by atoms with van der Waals surface area (Å²) in [5.74, 6) is -0.367. The van der Waals surface area contributed by atoms with Gasteiger partial charge < -0.3 is 0 Å². The van der Waals surface area contributed by atoms with Gasteiger partial charge in [-0.1, -0.05) is 30.3 Å². The van der Waals surface area contributed by atoms with E-state index in [1.807, 2.05) is 18.2 Å². The zero-order valence-corrected chi connectivity index (χ0v) is 8.91. The summed E-state index contributed by atoms with van der Waals surface area (Å²) in [5, 5.41) is 0. The lowest BCUT2D eigenvalue weighted by Crippen LogP contribution is -2.01. The molecule has 0 saturated heterocycles. The number of ketones is 1. The van der Waals surface area contributed by atoms with Crippen LogP contribution < -0.4 is 0 Å². The SMILES string of the molecule is Cc1cc(C(=O)c2ccccc2)ccc1F. The van der Waals surface area contributed by atoms with Crippen molar-refractivity contribution < 1.29 is 9.18 Å². The highest BCUT2D eigenvalue weighted by molar-refractivity contribution is 6.09. The Hall–Kier alpha value is -1.96. The molecule has 0 atom stereocenters. The molecule has 0 spiro atoms. The zero-order valence-electron chi connectivity index (χ0n) is 8.91. The summed E-state index contributed by atoms with van der Waals surface area (Å²) in [4.78, 5) is 12.0. The lowest BCUT2D eigenvalue weighted by atomic mass is 10.0. The van der Waals surface area contributed by atoms with Crippen molar-refractivity contribution in [1.82, 2.24) is 0 Å². The van der Waals surface area contributed by atoms with E-state index < -0.39 is 0 Å². The molecule has 0 aliphatic carbocycles. The zero-order chi connectivity index (χ0) is 11.5. The molecule has 0 aromatic heterocycles. The summed E-state index contributed by atoms with van der Waals surface area (Å²) in [7, 11) is 0. The topological polar surface area (TPSA) is 17.1 Å².